The number of benzene rings is 1. The molecule has 0 atom stereocenters. The summed E-state index contributed by atoms with van der Waals surface area (Å²) in [4.78, 5) is 8.66. The van der Waals surface area contributed by atoms with Gasteiger partial charge in [0.25, 0.3) is 0 Å². The Morgan fingerprint density at radius 3 is 2.80 bits per heavy atom. The van der Waals surface area contributed by atoms with Gasteiger partial charge >= 0.3 is 0 Å². The van der Waals surface area contributed by atoms with E-state index in [0.29, 0.717) is 11.9 Å². The Morgan fingerprint density at radius 2 is 2.04 bits per heavy atom. The standard InChI is InChI=1S/C18H22N6O/c1-11-3-4-12(9-14(11)25-2)16-15-17(19)21-10-22-18(15)24(23-16)13-5-7-20-8-6-13/h3-4,9-10,13,20H,5-8H2,1-2H3,(H2,19,21,22). The van der Waals surface area contributed by atoms with Crippen LogP contribution in [-0.4, -0.2) is 39.9 Å². The minimum Gasteiger partial charge on any atom is -0.496 e. The maximum atomic E-state index is 6.19. The van der Waals surface area contributed by atoms with E-state index >= 15 is 0 Å². The first-order valence-corrected chi connectivity index (χ1v) is 8.53. The molecule has 0 radical (unpaired) electrons. The number of anilines is 1. The summed E-state index contributed by atoms with van der Waals surface area (Å²) in [5.41, 5.74) is 9.84. The molecule has 2 aromatic heterocycles. The number of nitrogen functional groups attached to an aromatic ring is 1. The van der Waals surface area contributed by atoms with Crippen LogP contribution in [0, 0.1) is 6.92 Å². The van der Waals surface area contributed by atoms with Crippen LogP contribution in [0.5, 0.6) is 5.75 Å². The van der Waals surface area contributed by atoms with E-state index < -0.39 is 0 Å². The molecule has 7 nitrogen and oxygen atoms in total. The molecule has 7 heteroatoms. The molecule has 1 aromatic carbocycles. The fourth-order valence-electron chi connectivity index (χ4n) is 3.47. The minimum absolute atomic E-state index is 0.319. The van der Waals surface area contributed by atoms with Gasteiger partial charge in [0.15, 0.2) is 5.65 Å². The molecule has 0 saturated carbocycles. The first-order chi connectivity index (χ1) is 12.2. The van der Waals surface area contributed by atoms with Crippen LogP contribution in [0.25, 0.3) is 22.3 Å². The van der Waals surface area contributed by atoms with Gasteiger partial charge in [-0.25, -0.2) is 14.6 Å². The zero-order valence-electron chi connectivity index (χ0n) is 14.5. The largest absolute Gasteiger partial charge is 0.496 e. The van der Waals surface area contributed by atoms with E-state index in [4.69, 9.17) is 15.6 Å². The first kappa shape index (κ1) is 15.8. The fourth-order valence-corrected chi connectivity index (χ4v) is 3.47. The second-order valence-corrected chi connectivity index (χ2v) is 6.42. The molecule has 0 aliphatic carbocycles. The lowest BCUT2D eigenvalue weighted by Crippen LogP contribution is -2.30. The van der Waals surface area contributed by atoms with Crippen LogP contribution in [0.15, 0.2) is 24.5 Å². The summed E-state index contributed by atoms with van der Waals surface area (Å²) in [6.45, 7) is 3.99. The Hall–Kier alpha value is -2.67. The van der Waals surface area contributed by atoms with E-state index in [9.17, 15) is 0 Å². The van der Waals surface area contributed by atoms with Crippen molar-refractivity contribution in [2.45, 2.75) is 25.8 Å². The maximum Gasteiger partial charge on any atom is 0.164 e. The lowest BCUT2D eigenvalue weighted by Gasteiger charge is -2.23. The SMILES string of the molecule is COc1cc(-c2nn(C3CCNCC3)c3ncnc(N)c23)ccc1C. The molecule has 1 fully saturated rings. The van der Waals surface area contributed by atoms with E-state index in [1.807, 2.05) is 29.8 Å². The number of rotatable bonds is 3. The van der Waals surface area contributed by atoms with Crippen molar-refractivity contribution in [3.8, 4) is 17.0 Å². The number of ether oxygens (including phenoxy) is 1. The van der Waals surface area contributed by atoms with Gasteiger partial charge in [-0.1, -0.05) is 12.1 Å². The van der Waals surface area contributed by atoms with Crippen molar-refractivity contribution < 1.29 is 4.74 Å². The predicted molar refractivity (Wildman–Crippen MR) is 97.6 cm³/mol. The lowest BCUT2D eigenvalue weighted by atomic mass is 10.1. The summed E-state index contributed by atoms with van der Waals surface area (Å²) in [5.74, 6) is 1.29. The fraction of sp³-hybridized carbons (Fsp3) is 0.389. The molecule has 3 N–H and O–H groups in total. The van der Waals surface area contributed by atoms with Gasteiger partial charge in [0, 0.05) is 5.56 Å². The van der Waals surface area contributed by atoms with Crippen LogP contribution < -0.4 is 15.8 Å². The molecular weight excluding hydrogens is 316 g/mol. The monoisotopic (exact) mass is 338 g/mol. The van der Waals surface area contributed by atoms with Gasteiger partial charge in [0.05, 0.1) is 18.5 Å². The zero-order chi connectivity index (χ0) is 17.4. The van der Waals surface area contributed by atoms with Gasteiger partial charge in [-0.15, -0.1) is 0 Å². The summed E-state index contributed by atoms with van der Waals surface area (Å²) >= 11 is 0. The Balaban J connectivity index is 1.92. The van der Waals surface area contributed by atoms with Crippen LogP contribution in [0.1, 0.15) is 24.4 Å². The van der Waals surface area contributed by atoms with E-state index in [2.05, 4.69) is 15.3 Å². The molecule has 3 aromatic rings. The topological polar surface area (TPSA) is 90.9 Å². The molecule has 1 aliphatic heterocycles. The van der Waals surface area contributed by atoms with Gasteiger partial charge in [-0.05, 0) is 44.5 Å². The van der Waals surface area contributed by atoms with Crippen molar-refractivity contribution in [1.29, 1.82) is 0 Å². The Bertz CT molecular complexity index is 913. The summed E-state index contributed by atoms with van der Waals surface area (Å²) in [5, 5.41) is 9.10. The van der Waals surface area contributed by atoms with Crippen molar-refractivity contribution in [2.24, 2.45) is 0 Å². The average molecular weight is 338 g/mol. The van der Waals surface area contributed by atoms with Gasteiger partial charge in [0.1, 0.15) is 23.6 Å². The van der Waals surface area contributed by atoms with Gasteiger partial charge in [-0.3, -0.25) is 0 Å². The van der Waals surface area contributed by atoms with Crippen molar-refractivity contribution in [2.75, 3.05) is 25.9 Å². The van der Waals surface area contributed by atoms with Crippen LogP contribution in [0.4, 0.5) is 5.82 Å². The number of methoxy groups -OCH3 is 1. The number of hydrogen-bond acceptors (Lipinski definition) is 6. The molecule has 25 heavy (non-hydrogen) atoms. The first-order valence-electron chi connectivity index (χ1n) is 8.53. The normalized spacial score (nSPS) is 15.6. The number of nitrogens with two attached hydrogens (primary N) is 1. The highest BCUT2D eigenvalue weighted by Crippen LogP contribution is 2.35. The van der Waals surface area contributed by atoms with E-state index in [0.717, 1.165) is 59.5 Å². The number of fused-ring (bicyclic) bond motifs is 1. The Kier molecular flexibility index (Phi) is 4.01. The molecule has 0 amide bonds. The molecule has 4 rings (SSSR count). The third-order valence-electron chi connectivity index (χ3n) is 4.85. The number of piperidine rings is 1. The predicted octanol–water partition coefficient (Wildman–Crippen LogP) is 2.32. The molecule has 0 spiro atoms. The molecular formula is C18H22N6O. The second-order valence-electron chi connectivity index (χ2n) is 6.42. The van der Waals surface area contributed by atoms with Crippen LogP contribution in [-0.2, 0) is 0 Å². The molecule has 3 heterocycles. The molecule has 0 unspecified atom stereocenters. The highest BCUT2D eigenvalue weighted by Gasteiger charge is 2.23. The van der Waals surface area contributed by atoms with Crippen molar-refractivity contribution >= 4 is 16.9 Å². The number of aryl methyl sites for hydroxylation is 1. The van der Waals surface area contributed by atoms with Crippen molar-refractivity contribution in [3.63, 3.8) is 0 Å². The Morgan fingerprint density at radius 1 is 1.24 bits per heavy atom. The highest BCUT2D eigenvalue weighted by atomic mass is 16.5. The van der Waals surface area contributed by atoms with Crippen LogP contribution in [0.2, 0.25) is 0 Å². The van der Waals surface area contributed by atoms with E-state index in [1.165, 1.54) is 6.33 Å². The Labute approximate surface area is 146 Å². The number of aromatic nitrogens is 4. The van der Waals surface area contributed by atoms with Crippen molar-refractivity contribution in [1.82, 2.24) is 25.1 Å². The molecule has 0 bridgehead atoms. The lowest BCUT2D eigenvalue weighted by molar-refractivity contribution is 0.350. The number of hydrogen-bond donors (Lipinski definition) is 2. The third kappa shape index (κ3) is 2.70. The van der Waals surface area contributed by atoms with Crippen LogP contribution >= 0.6 is 0 Å². The minimum atomic E-state index is 0.319. The van der Waals surface area contributed by atoms with E-state index in [1.54, 1.807) is 7.11 Å². The summed E-state index contributed by atoms with van der Waals surface area (Å²) in [6.07, 6.45) is 3.56. The van der Waals surface area contributed by atoms with Crippen molar-refractivity contribution in [3.05, 3.63) is 30.1 Å². The molecule has 130 valence electrons. The number of nitrogens with zero attached hydrogens (tertiary/aromatic N) is 4. The number of nitrogens with one attached hydrogen (secondary N) is 1. The maximum absolute atomic E-state index is 6.19. The summed E-state index contributed by atoms with van der Waals surface area (Å²) in [6, 6.07) is 6.39. The van der Waals surface area contributed by atoms with Gasteiger partial charge in [-0.2, -0.15) is 5.10 Å². The third-order valence-corrected chi connectivity index (χ3v) is 4.85. The summed E-state index contributed by atoms with van der Waals surface area (Å²) < 4.78 is 7.49. The summed E-state index contributed by atoms with van der Waals surface area (Å²) in [7, 11) is 1.68. The average Bonchev–Trinajstić information content (AvgIpc) is 3.04. The zero-order valence-corrected chi connectivity index (χ0v) is 14.5. The van der Waals surface area contributed by atoms with Crippen LogP contribution in [0.3, 0.4) is 0 Å². The molecule has 1 aliphatic rings. The quantitative estimate of drug-likeness (QED) is 0.761. The molecule has 1 saturated heterocycles. The van der Waals surface area contributed by atoms with E-state index in [-0.39, 0.29) is 0 Å². The van der Waals surface area contributed by atoms with Gasteiger partial charge < -0.3 is 15.8 Å². The second kappa shape index (κ2) is 6.33. The van der Waals surface area contributed by atoms with Gasteiger partial charge in [0.2, 0.25) is 0 Å². The highest BCUT2D eigenvalue weighted by molar-refractivity contribution is 5.98. The smallest absolute Gasteiger partial charge is 0.164 e.